The molecule has 2 fully saturated rings. The number of aryl methyl sites for hydroxylation is 2. The Kier molecular flexibility index (Phi) is 7.92. The van der Waals surface area contributed by atoms with Crippen LogP contribution in [-0.4, -0.2) is 51.2 Å². The van der Waals surface area contributed by atoms with Gasteiger partial charge in [-0.2, -0.15) is 18.2 Å². The van der Waals surface area contributed by atoms with Gasteiger partial charge in [-0.25, -0.2) is 8.78 Å². The maximum Gasteiger partial charge on any atom is 0.405 e. The Hall–Kier alpha value is -3.35. The molecular weight excluding hydrogens is 579 g/mol. The predicted molar refractivity (Wildman–Crippen MR) is 147 cm³/mol. The van der Waals surface area contributed by atoms with Crippen LogP contribution in [0.15, 0.2) is 45.8 Å². The molecule has 2 aromatic carbocycles. The highest BCUT2D eigenvalue weighted by Crippen LogP contribution is 2.55. The lowest BCUT2D eigenvalue weighted by Gasteiger charge is -2.32. The largest absolute Gasteiger partial charge is 0.405 e. The van der Waals surface area contributed by atoms with E-state index in [4.69, 9.17) is 4.52 Å². The fourth-order valence-electron chi connectivity index (χ4n) is 5.74. The third-order valence-electron chi connectivity index (χ3n) is 7.79. The number of halogens is 5. The van der Waals surface area contributed by atoms with Gasteiger partial charge in [-0.15, -0.1) is 0 Å². The highest BCUT2D eigenvalue weighted by molar-refractivity contribution is 7.85. The monoisotopic (exact) mass is 610 g/mol. The summed E-state index contributed by atoms with van der Waals surface area (Å²) in [5.41, 5.74) is 2.72. The van der Waals surface area contributed by atoms with Crippen molar-refractivity contribution >= 4 is 28.1 Å². The SMILES string of the molecule is CCS(=O)c1ccc(N(CC(=O)Nc2cc(C)c(C3(c4noc(C5CC(F)(F)C5)n4)CC3)c(C)c2)CC(F)(F)F)cc1. The van der Waals surface area contributed by atoms with E-state index in [1.165, 1.54) is 24.3 Å². The molecule has 1 amide bonds. The van der Waals surface area contributed by atoms with Gasteiger partial charge in [-0.1, -0.05) is 12.1 Å². The lowest BCUT2D eigenvalue weighted by atomic mass is 9.81. The summed E-state index contributed by atoms with van der Waals surface area (Å²) in [5, 5.41) is 6.84. The maximum absolute atomic E-state index is 13.4. The molecule has 5 rings (SSSR count). The zero-order valence-electron chi connectivity index (χ0n) is 23.4. The van der Waals surface area contributed by atoms with Crippen molar-refractivity contribution in [2.75, 3.05) is 29.1 Å². The number of carbonyl (C=O) groups excluding carboxylic acids is 1. The number of anilines is 2. The minimum atomic E-state index is -4.55. The van der Waals surface area contributed by atoms with Crippen LogP contribution in [0.4, 0.5) is 33.3 Å². The van der Waals surface area contributed by atoms with Gasteiger partial charge < -0.3 is 14.7 Å². The van der Waals surface area contributed by atoms with Crippen LogP contribution < -0.4 is 10.2 Å². The minimum Gasteiger partial charge on any atom is -0.353 e. The molecule has 42 heavy (non-hydrogen) atoms. The standard InChI is InChI=1S/C29H31F5N4O3S/c1-4-42(40)22-7-5-21(6-8-22)38(16-29(32,33)34)15-23(39)35-20-11-17(2)24(18(3)12-20)27(9-10-27)26-36-25(41-37-26)19-13-28(30,31)14-19/h5-8,11-12,19H,4,9-10,13-16H2,1-3H3,(H,35,39). The lowest BCUT2D eigenvalue weighted by Crippen LogP contribution is -2.39. The van der Waals surface area contributed by atoms with Crippen LogP contribution >= 0.6 is 0 Å². The topological polar surface area (TPSA) is 88.3 Å². The first-order valence-corrected chi connectivity index (χ1v) is 15.0. The molecule has 0 radical (unpaired) electrons. The van der Waals surface area contributed by atoms with E-state index in [0.29, 0.717) is 22.2 Å². The van der Waals surface area contributed by atoms with Gasteiger partial charge in [0.1, 0.15) is 6.54 Å². The summed E-state index contributed by atoms with van der Waals surface area (Å²) >= 11 is 0. The van der Waals surface area contributed by atoms with Crippen LogP contribution in [0.25, 0.3) is 0 Å². The quantitative estimate of drug-likeness (QED) is 0.267. The molecule has 0 saturated heterocycles. The van der Waals surface area contributed by atoms with E-state index in [0.717, 1.165) is 34.4 Å². The molecule has 1 atom stereocenters. The first-order chi connectivity index (χ1) is 19.7. The maximum atomic E-state index is 13.4. The van der Waals surface area contributed by atoms with Crippen molar-refractivity contribution in [2.24, 2.45) is 0 Å². The number of rotatable bonds is 10. The Morgan fingerprint density at radius 3 is 2.26 bits per heavy atom. The second-order valence-corrected chi connectivity index (χ2v) is 12.9. The van der Waals surface area contributed by atoms with Gasteiger partial charge in [0.05, 0.1) is 22.8 Å². The summed E-state index contributed by atoms with van der Waals surface area (Å²) in [6.45, 7) is 3.59. The summed E-state index contributed by atoms with van der Waals surface area (Å²) in [4.78, 5) is 18.8. The molecule has 7 nitrogen and oxygen atoms in total. The summed E-state index contributed by atoms with van der Waals surface area (Å²) < 4.78 is 84.1. The van der Waals surface area contributed by atoms with Crippen molar-refractivity contribution in [2.45, 2.75) is 74.8 Å². The zero-order valence-corrected chi connectivity index (χ0v) is 24.2. The first kappa shape index (κ1) is 30.1. The predicted octanol–water partition coefficient (Wildman–Crippen LogP) is 6.41. The van der Waals surface area contributed by atoms with Crippen LogP contribution in [0.2, 0.25) is 0 Å². The van der Waals surface area contributed by atoms with Crippen molar-refractivity contribution in [1.82, 2.24) is 10.1 Å². The molecule has 2 aliphatic rings. The van der Waals surface area contributed by atoms with Gasteiger partial charge in [0, 0.05) is 40.8 Å². The Morgan fingerprint density at radius 2 is 1.74 bits per heavy atom. The van der Waals surface area contributed by atoms with E-state index in [1.807, 2.05) is 13.8 Å². The van der Waals surface area contributed by atoms with Crippen molar-refractivity contribution in [3.05, 3.63) is 64.8 Å². The van der Waals surface area contributed by atoms with Crippen LogP contribution in [0.1, 0.15) is 66.9 Å². The Morgan fingerprint density at radius 1 is 1.12 bits per heavy atom. The zero-order chi connectivity index (χ0) is 30.4. The molecule has 1 heterocycles. The lowest BCUT2D eigenvalue weighted by molar-refractivity contribution is -0.122. The second kappa shape index (κ2) is 11.1. The number of amides is 1. The Labute approximate surface area is 242 Å². The summed E-state index contributed by atoms with van der Waals surface area (Å²) in [5.74, 6) is -2.73. The fraction of sp³-hybridized carbons (Fsp3) is 0.483. The highest BCUT2D eigenvalue weighted by atomic mass is 32.2. The molecule has 2 saturated carbocycles. The number of hydrogen-bond donors (Lipinski definition) is 1. The third-order valence-corrected chi connectivity index (χ3v) is 9.11. The normalized spacial score (nSPS) is 18.3. The number of nitrogens with zero attached hydrogens (tertiary/aromatic N) is 3. The minimum absolute atomic E-state index is 0.183. The smallest absolute Gasteiger partial charge is 0.353 e. The molecule has 0 bridgehead atoms. The van der Waals surface area contributed by atoms with Gasteiger partial charge >= 0.3 is 6.18 Å². The summed E-state index contributed by atoms with van der Waals surface area (Å²) in [6, 6.07) is 9.36. The van der Waals surface area contributed by atoms with Crippen LogP contribution in [0, 0.1) is 13.8 Å². The Balaban J connectivity index is 1.31. The molecule has 1 unspecified atom stereocenters. The third kappa shape index (κ3) is 6.35. The number of hydrogen-bond acceptors (Lipinski definition) is 6. The Bertz CT molecular complexity index is 1470. The number of nitrogens with one attached hydrogen (secondary N) is 1. The number of benzene rings is 2. The molecule has 0 aliphatic heterocycles. The van der Waals surface area contributed by atoms with Gasteiger partial charge in [-0.05, 0) is 79.8 Å². The molecule has 3 aromatic rings. The van der Waals surface area contributed by atoms with Crippen molar-refractivity contribution in [1.29, 1.82) is 0 Å². The fourth-order valence-corrected chi connectivity index (χ4v) is 6.51. The molecule has 0 spiro atoms. The van der Waals surface area contributed by atoms with Gasteiger partial charge in [0.25, 0.3) is 0 Å². The average Bonchev–Trinajstić information content (AvgIpc) is 3.51. The van der Waals surface area contributed by atoms with Gasteiger partial charge in [0.15, 0.2) is 5.82 Å². The summed E-state index contributed by atoms with van der Waals surface area (Å²) in [7, 11) is -1.25. The van der Waals surface area contributed by atoms with E-state index in [2.05, 4.69) is 15.5 Å². The molecule has 2 aliphatic carbocycles. The van der Waals surface area contributed by atoms with Crippen molar-refractivity contribution < 1.29 is 35.5 Å². The van der Waals surface area contributed by atoms with E-state index in [-0.39, 0.29) is 24.4 Å². The first-order valence-electron chi connectivity index (χ1n) is 13.6. The molecule has 1 aromatic heterocycles. The van der Waals surface area contributed by atoms with Crippen LogP contribution in [0.5, 0.6) is 0 Å². The van der Waals surface area contributed by atoms with Crippen LogP contribution in [0.3, 0.4) is 0 Å². The van der Waals surface area contributed by atoms with Crippen molar-refractivity contribution in [3.8, 4) is 0 Å². The van der Waals surface area contributed by atoms with Gasteiger partial charge in [0.2, 0.25) is 17.7 Å². The van der Waals surface area contributed by atoms with Gasteiger partial charge in [-0.3, -0.25) is 9.00 Å². The number of carbonyl (C=O) groups is 1. The van der Waals surface area contributed by atoms with E-state index < -0.39 is 53.2 Å². The van der Waals surface area contributed by atoms with E-state index in [9.17, 15) is 31.0 Å². The molecule has 226 valence electrons. The molecule has 1 N–H and O–H groups in total. The van der Waals surface area contributed by atoms with E-state index >= 15 is 0 Å². The molecular formula is C29H31F5N4O3S. The second-order valence-electron chi connectivity index (χ2n) is 11.1. The molecule has 13 heteroatoms. The average molecular weight is 611 g/mol. The van der Waals surface area contributed by atoms with E-state index in [1.54, 1.807) is 19.1 Å². The number of aromatic nitrogens is 2. The number of alkyl halides is 5. The summed E-state index contributed by atoms with van der Waals surface area (Å²) in [6.07, 6.45) is -3.67. The van der Waals surface area contributed by atoms with Crippen LogP contribution in [-0.2, 0) is 21.0 Å². The van der Waals surface area contributed by atoms with Crippen molar-refractivity contribution in [3.63, 3.8) is 0 Å². The highest BCUT2D eigenvalue weighted by Gasteiger charge is 2.53.